The van der Waals surface area contributed by atoms with Crippen molar-refractivity contribution in [2.75, 3.05) is 0 Å². The van der Waals surface area contributed by atoms with Crippen molar-refractivity contribution in [1.82, 2.24) is 0 Å². The zero-order valence-electron chi connectivity index (χ0n) is 7.91. The van der Waals surface area contributed by atoms with E-state index in [1.165, 1.54) is 0 Å². The van der Waals surface area contributed by atoms with Gasteiger partial charge in [0.25, 0.3) is 0 Å². The number of ketones is 1. The quantitative estimate of drug-likeness (QED) is 0.669. The van der Waals surface area contributed by atoms with Gasteiger partial charge in [-0.25, -0.2) is 0 Å². The summed E-state index contributed by atoms with van der Waals surface area (Å²) >= 11 is 0. The molecule has 2 aliphatic rings. The molecule has 0 heterocycles. The van der Waals surface area contributed by atoms with E-state index in [1.54, 1.807) is 0 Å². The average Bonchev–Trinajstić information content (AvgIpc) is 2.51. The van der Waals surface area contributed by atoms with Crippen LogP contribution in [0.1, 0.15) is 32.1 Å². The highest BCUT2D eigenvalue weighted by atomic mass is 16.1. The van der Waals surface area contributed by atoms with E-state index in [4.69, 9.17) is 5.73 Å². The first-order valence-electron chi connectivity index (χ1n) is 5.19. The number of allylic oxidation sites excluding steroid dienone is 2. The van der Waals surface area contributed by atoms with Crippen LogP contribution in [0.15, 0.2) is 12.2 Å². The highest BCUT2D eigenvalue weighted by Gasteiger charge is 2.32. The molecule has 2 heteroatoms. The largest absolute Gasteiger partial charge is 0.328 e. The third-order valence-corrected chi connectivity index (χ3v) is 3.23. The maximum absolute atomic E-state index is 11.6. The lowest BCUT2D eigenvalue weighted by Gasteiger charge is -2.31. The SMILES string of the molecule is NC1CC(C(=O)CC2CC=CC2)C1. The second-order valence-electron chi connectivity index (χ2n) is 4.41. The lowest BCUT2D eigenvalue weighted by Crippen LogP contribution is -2.40. The molecule has 72 valence electrons. The van der Waals surface area contributed by atoms with E-state index < -0.39 is 0 Å². The number of hydrogen-bond donors (Lipinski definition) is 1. The van der Waals surface area contributed by atoms with Crippen LogP contribution in [0.25, 0.3) is 0 Å². The molecule has 0 aromatic heterocycles. The molecule has 0 saturated heterocycles. The third kappa shape index (κ3) is 1.99. The Morgan fingerprint density at radius 1 is 1.31 bits per heavy atom. The molecule has 0 unspecified atom stereocenters. The number of rotatable bonds is 3. The zero-order chi connectivity index (χ0) is 9.26. The Hall–Kier alpha value is -0.630. The lowest BCUT2D eigenvalue weighted by molar-refractivity contribution is -0.126. The Kier molecular flexibility index (Phi) is 2.49. The van der Waals surface area contributed by atoms with E-state index in [0.717, 1.165) is 32.1 Å². The molecule has 1 fully saturated rings. The minimum atomic E-state index is 0.301. The van der Waals surface area contributed by atoms with Crippen molar-refractivity contribution >= 4 is 5.78 Å². The van der Waals surface area contributed by atoms with Crippen LogP contribution in [-0.4, -0.2) is 11.8 Å². The van der Waals surface area contributed by atoms with Crippen molar-refractivity contribution in [3.05, 3.63) is 12.2 Å². The Balaban J connectivity index is 1.72. The van der Waals surface area contributed by atoms with Crippen LogP contribution >= 0.6 is 0 Å². The molecule has 0 aromatic carbocycles. The van der Waals surface area contributed by atoms with Gasteiger partial charge in [0.05, 0.1) is 0 Å². The van der Waals surface area contributed by atoms with Crippen molar-refractivity contribution in [3.8, 4) is 0 Å². The monoisotopic (exact) mass is 179 g/mol. The summed E-state index contributed by atoms with van der Waals surface area (Å²) in [6, 6.07) is 0.302. The highest BCUT2D eigenvalue weighted by molar-refractivity contribution is 5.82. The molecular weight excluding hydrogens is 162 g/mol. The van der Waals surface area contributed by atoms with Gasteiger partial charge in [-0.05, 0) is 31.6 Å². The summed E-state index contributed by atoms with van der Waals surface area (Å²) in [5.41, 5.74) is 5.65. The first-order valence-corrected chi connectivity index (χ1v) is 5.19. The number of hydrogen-bond acceptors (Lipinski definition) is 2. The van der Waals surface area contributed by atoms with Gasteiger partial charge in [0.2, 0.25) is 0 Å². The Bertz CT molecular complexity index is 220. The minimum Gasteiger partial charge on any atom is -0.328 e. The van der Waals surface area contributed by atoms with E-state index in [1.807, 2.05) is 0 Å². The summed E-state index contributed by atoms with van der Waals surface area (Å²) in [5.74, 6) is 1.36. The van der Waals surface area contributed by atoms with Crippen molar-refractivity contribution in [1.29, 1.82) is 0 Å². The van der Waals surface area contributed by atoms with E-state index >= 15 is 0 Å². The number of nitrogens with two attached hydrogens (primary N) is 1. The summed E-state index contributed by atoms with van der Waals surface area (Å²) in [6.45, 7) is 0. The first kappa shape index (κ1) is 8.95. The van der Waals surface area contributed by atoms with Gasteiger partial charge in [-0.1, -0.05) is 12.2 Å². The highest BCUT2D eigenvalue weighted by Crippen LogP contribution is 2.31. The maximum atomic E-state index is 11.6. The van der Waals surface area contributed by atoms with E-state index in [2.05, 4.69) is 12.2 Å². The minimum absolute atomic E-state index is 0.301. The van der Waals surface area contributed by atoms with Crippen molar-refractivity contribution in [2.24, 2.45) is 17.6 Å². The lowest BCUT2D eigenvalue weighted by atomic mass is 9.76. The van der Waals surface area contributed by atoms with Crippen LogP contribution in [0.3, 0.4) is 0 Å². The fourth-order valence-corrected chi connectivity index (χ4v) is 2.22. The molecule has 0 atom stereocenters. The van der Waals surface area contributed by atoms with E-state index in [9.17, 15) is 4.79 Å². The standard InChI is InChI=1S/C11H17NO/c12-10-6-9(7-10)11(13)5-8-3-1-2-4-8/h1-2,8-10H,3-7,12H2. The predicted molar refractivity (Wildman–Crippen MR) is 52.2 cm³/mol. The van der Waals surface area contributed by atoms with Gasteiger partial charge in [0, 0.05) is 18.4 Å². The molecule has 0 spiro atoms. The summed E-state index contributed by atoms with van der Waals surface area (Å²) < 4.78 is 0. The molecule has 2 rings (SSSR count). The molecule has 2 nitrogen and oxygen atoms in total. The molecule has 2 aliphatic carbocycles. The van der Waals surface area contributed by atoms with E-state index in [0.29, 0.717) is 23.7 Å². The number of carbonyl (C=O) groups excluding carboxylic acids is 1. The van der Waals surface area contributed by atoms with Crippen molar-refractivity contribution in [2.45, 2.75) is 38.1 Å². The Morgan fingerprint density at radius 3 is 2.46 bits per heavy atom. The van der Waals surface area contributed by atoms with Crippen molar-refractivity contribution in [3.63, 3.8) is 0 Å². The molecule has 0 radical (unpaired) electrons. The molecule has 13 heavy (non-hydrogen) atoms. The third-order valence-electron chi connectivity index (χ3n) is 3.23. The summed E-state index contributed by atoms with van der Waals surface area (Å²) in [7, 11) is 0. The normalized spacial score (nSPS) is 33.3. The van der Waals surface area contributed by atoms with Crippen LogP contribution < -0.4 is 5.73 Å². The fraction of sp³-hybridized carbons (Fsp3) is 0.727. The molecule has 2 N–H and O–H groups in total. The number of Topliss-reactive ketones (excluding diaryl/α,β-unsaturated/α-hetero) is 1. The maximum Gasteiger partial charge on any atom is 0.136 e. The fourth-order valence-electron chi connectivity index (χ4n) is 2.22. The molecule has 0 aromatic rings. The zero-order valence-corrected chi connectivity index (χ0v) is 7.91. The van der Waals surface area contributed by atoms with Gasteiger partial charge in [-0.3, -0.25) is 4.79 Å². The van der Waals surface area contributed by atoms with Gasteiger partial charge in [-0.15, -0.1) is 0 Å². The first-order chi connectivity index (χ1) is 6.25. The molecule has 0 bridgehead atoms. The van der Waals surface area contributed by atoms with Gasteiger partial charge >= 0.3 is 0 Å². The van der Waals surface area contributed by atoms with Crippen LogP contribution in [-0.2, 0) is 4.79 Å². The Labute approximate surface area is 79.2 Å². The molecule has 1 saturated carbocycles. The molecule has 0 amide bonds. The average molecular weight is 179 g/mol. The predicted octanol–water partition coefficient (Wildman–Crippen LogP) is 1.65. The van der Waals surface area contributed by atoms with Gasteiger partial charge in [0.15, 0.2) is 0 Å². The van der Waals surface area contributed by atoms with Gasteiger partial charge in [0.1, 0.15) is 5.78 Å². The second-order valence-corrected chi connectivity index (χ2v) is 4.41. The summed E-state index contributed by atoms with van der Waals surface area (Å²) in [4.78, 5) is 11.6. The Morgan fingerprint density at radius 2 is 1.92 bits per heavy atom. The van der Waals surface area contributed by atoms with E-state index in [-0.39, 0.29) is 0 Å². The van der Waals surface area contributed by atoms with Crippen LogP contribution in [0.4, 0.5) is 0 Å². The molecule has 0 aliphatic heterocycles. The number of carbonyl (C=O) groups is 1. The topological polar surface area (TPSA) is 43.1 Å². The van der Waals surface area contributed by atoms with Gasteiger partial charge in [-0.2, -0.15) is 0 Å². The molecular formula is C11H17NO. The second kappa shape index (κ2) is 3.62. The van der Waals surface area contributed by atoms with Crippen LogP contribution in [0.5, 0.6) is 0 Å². The smallest absolute Gasteiger partial charge is 0.136 e. The van der Waals surface area contributed by atoms with Crippen LogP contribution in [0, 0.1) is 11.8 Å². The van der Waals surface area contributed by atoms with Crippen molar-refractivity contribution < 1.29 is 4.79 Å². The van der Waals surface area contributed by atoms with Gasteiger partial charge < -0.3 is 5.73 Å². The summed E-state index contributed by atoms with van der Waals surface area (Å²) in [6.07, 6.45) is 9.21. The summed E-state index contributed by atoms with van der Waals surface area (Å²) in [5, 5.41) is 0. The van der Waals surface area contributed by atoms with Crippen LogP contribution in [0.2, 0.25) is 0 Å².